The highest BCUT2D eigenvalue weighted by Crippen LogP contribution is 2.38. The van der Waals surface area contributed by atoms with Crippen LogP contribution in [-0.2, 0) is 15.0 Å². The Balaban J connectivity index is 2.48. The van der Waals surface area contributed by atoms with Gasteiger partial charge >= 0.3 is 16.2 Å². The minimum atomic E-state index is -4.24. The fraction of sp³-hybridized carbons (Fsp3) is 0.467. The van der Waals surface area contributed by atoms with E-state index in [1.54, 1.807) is 39.0 Å². The lowest BCUT2D eigenvalue weighted by Gasteiger charge is -2.33. The van der Waals surface area contributed by atoms with Crippen molar-refractivity contribution in [2.24, 2.45) is 5.92 Å². The normalized spacial score (nSPS) is 23.0. The number of anilines is 1. The summed E-state index contributed by atoms with van der Waals surface area (Å²) >= 11 is 5.87. The van der Waals surface area contributed by atoms with E-state index in [0.717, 1.165) is 4.31 Å². The molecule has 1 atom stereocenters. The molecule has 1 aromatic rings. The quantitative estimate of drug-likeness (QED) is 0.882. The second-order valence-corrected chi connectivity index (χ2v) is 8.12. The molecule has 1 N–H and O–H groups in total. The van der Waals surface area contributed by atoms with Crippen LogP contribution < -0.4 is 5.32 Å². The molecular formula is C15H20ClN3O4S. The zero-order valence-corrected chi connectivity index (χ0v) is 15.5. The van der Waals surface area contributed by atoms with Gasteiger partial charge in [-0.25, -0.2) is 9.10 Å². The van der Waals surface area contributed by atoms with Crippen LogP contribution in [0, 0.1) is 5.92 Å². The van der Waals surface area contributed by atoms with E-state index in [2.05, 4.69) is 5.32 Å². The van der Waals surface area contributed by atoms with E-state index in [-0.39, 0.29) is 6.54 Å². The van der Waals surface area contributed by atoms with Crippen molar-refractivity contribution < 1.29 is 18.0 Å². The Bertz CT molecular complexity index is 781. The molecule has 0 bridgehead atoms. The van der Waals surface area contributed by atoms with Crippen molar-refractivity contribution in [1.82, 2.24) is 8.61 Å². The average Bonchev–Trinajstić information content (AvgIpc) is 2.62. The molecule has 7 nitrogen and oxygen atoms in total. The van der Waals surface area contributed by atoms with Crippen molar-refractivity contribution in [3.8, 4) is 0 Å². The lowest BCUT2D eigenvalue weighted by Crippen LogP contribution is -2.55. The predicted octanol–water partition coefficient (Wildman–Crippen LogP) is 2.70. The Kier molecular flexibility index (Phi) is 4.83. The number of nitrogens with zero attached hydrogens (tertiary/aromatic N) is 2. The Morgan fingerprint density at radius 3 is 2.50 bits per heavy atom. The van der Waals surface area contributed by atoms with Gasteiger partial charge in [-0.3, -0.25) is 4.79 Å². The van der Waals surface area contributed by atoms with Crippen molar-refractivity contribution >= 4 is 39.4 Å². The lowest BCUT2D eigenvalue weighted by atomic mass is 9.87. The number of carbonyl (C=O) groups excluding carboxylic acids is 2. The number of carbonyl (C=O) groups is 2. The molecule has 0 radical (unpaired) electrons. The summed E-state index contributed by atoms with van der Waals surface area (Å²) in [6.45, 7) is 6.38. The fourth-order valence-corrected chi connectivity index (χ4v) is 4.76. The number of benzene rings is 1. The van der Waals surface area contributed by atoms with Crippen LogP contribution in [0.3, 0.4) is 0 Å². The molecular weight excluding hydrogens is 354 g/mol. The number of nitrogens with one attached hydrogen (secondary N) is 1. The summed E-state index contributed by atoms with van der Waals surface area (Å²) in [6, 6.07) is 5.44. The number of rotatable bonds is 3. The molecule has 132 valence electrons. The fourth-order valence-electron chi connectivity index (χ4n) is 2.63. The molecule has 1 unspecified atom stereocenters. The lowest BCUT2D eigenvalue weighted by molar-refractivity contribution is -0.133. The van der Waals surface area contributed by atoms with Crippen LogP contribution in [0.2, 0.25) is 5.02 Å². The summed E-state index contributed by atoms with van der Waals surface area (Å²) in [7, 11) is -4.24. The van der Waals surface area contributed by atoms with Crippen LogP contribution >= 0.6 is 11.6 Å². The molecule has 9 heteroatoms. The molecule has 1 saturated heterocycles. The van der Waals surface area contributed by atoms with Gasteiger partial charge < -0.3 is 5.32 Å². The third kappa shape index (κ3) is 2.73. The topological polar surface area (TPSA) is 86.8 Å². The number of hydrogen-bond acceptors (Lipinski definition) is 4. The largest absolute Gasteiger partial charge is 0.337 e. The molecule has 1 aliphatic rings. The summed E-state index contributed by atoms with van der Waals surface area (Å²) in [4.78, 5) is 25.3. The maximum Gasteiger partial charge on any atom is 0.337 e. The Labute approximate surface area is 146 Å². The highest BCUT2D eigenvalue weighted by molar-refractivity contribution is 7.88. The summed E-state index contributed by atoms with van der Waals surface area (Å²) < 4.78 is 26.8. The van der Waals surface area contributed by atoms with Crippen molar-refractivity contribution in [1.29, 1.82) is 0 Å². The third-order valence-electron chi connectivity index (χ3n) is 4.26. The second kappa shape index (κ2) is 6.25. The molecule has 2 rings (SSSR count). The zero-order valence-electron chi connectivity index (χ0n) is 13.9. The molecule has 3 amide bonds. The first-order valence-corrected chi connectivity index (χ1v) is 9.28. The van der Waals surface area contributed by atoms with Crippen LogP contribution in [0.15, 0.2) is 24.3 Å². The van der Waals surface area contributed by atoms with Crippen LogP contribution in [0.5, 0.6) is 0 Å². The van der Waals surface area contributed by atoms with E-state index in [1.165, 1.54) is 13.0 Å². The average molecular weight is 374 g/mol. The Hall–Kier alpha value is -1.80. The maximum atomic E-state index is 12.7. The smallest absolute Gasteiger partial charge is 0.307 e. The number of likely N-dealkylation sites (N-methyl/N-ethyl adjacent to an activating group) is 1. The van der Waals surface area contributed by atoms with Gasteiger partial charge in [-0.05, 0) is 38.0 Å². The predicted molar refractivity (Wildman–Crippen MR) is 91.9 cm³/mol. The van der Waals surface area contributed by atoms with Gasteiger partial charge in [0.2, 0.25) is 0 Å². The molecule has 24 heavy (non-hydrogen) atoms. The second-order valence-electron chi connectivity index (χ2n) is 5.98. The van der Waals surface area contributed by atoms with Gasteiger partial charge in [0, 0.05) is 17.3 Å². The van der Waals surface area contributed by atoms with E-state index < -0.39 is 33.6 Å². The van der Waals surface area contributed by atoms with Gasteiger partial charge in [-0.2, -0.15) is 12.7 Å². The highest BCUT2D eigenvalue weighted by Gasteiger charge is 2.61. The highest BCUT2D eigenvalue weighted by atomic mass is 35.5. The summed E-state index contributed by atoms with van der Waals surface area (Å²) in [6.07, 6.45) is 0. The van der Waals surface area contributed by atoms with Gasteiger partial charge in [0.05, 0.1) is 0 Å². The maximum absolute atomic E-state index is 12.7. The molecule has 0 spiro atoms. The molecule has 1 aliphatic heterocycles. The number of amides is 3. The summed E-state index contributed by atoms with van der Waals surface area (Å²) in [5, 5.41) is 2.90. The molecule has 0 aromatic heterocycles. The van der Waals surface area contributed by atoms with Crippen molar-refractivity contribution in [3.05, 3.63) is 29.3 Å². The Morgan fingerprint density at radius 1 is 1.38 bits per heavy atom. The number of urea groups is 1. The van der Waals surface area contributed by atoms with Crippen molar-refractivity contribution in [3.63, 3.8) is 0 Å². The van der Waals surface area contributed by atoms with Gasteiger partial charge in [-0.15, -0.1) is 0 Å². The zero-order chi connectivity index (χ0) is 18.3. The van der Waals surface area contributed by atoms with E-state index in [9.17, 15) is 18.0 Å². The van der Waals surface area contributed by atoms with Gasteiger partial charge in [-0.1, -0.05) is 31.5 Å². The van der Waals surface area contributed by atoms with Gasteiger partial charge in [0.15, 0.2) is 0 Å². The minimum absolute atomic E-state index is 0.0373. The number of halogens is 1. The monoisotopic (exact) mass is 373 g/mol. The van der Waals surface area contributed by atoms with E-state index >= 15 is 0 Å². The third-order valence-corrected chi connectivity index (χ3v) is 6.49. The van der Waals surface area contributed by atoms with Crippen molar-refractivity contribution in [2.75, 3.05) is 11.9 Å². The molecule has 0 aliphatic carbocycles. The summed E-state index contributed by atoms with van der Waals surface area (Å²) in [5.41, 5.74) is -1.14. The molecule has 1 aromatic carbocycles. The molecule has 0 saturated carbocycles. The SMILES string of the molecule is CCN1C(=O)C(C)(C(C)C)N(C(=O)Nc2cccc(Cl)c2)S1(=O)=O. The van der Waals surface area contributed by atoms with Crippen LogP contribution in [-0.4, -0.2) is 41.1 Å². The standard InChI is InChI=1S/C15H20ClN3O4S/c1-5-18-13(20)15(4,10(2)3)19(24(18,22)23)14(21)17-12-8-6-7-11(16)9-12/h6-10H,5H2,1-4H3,(H,17,21). The van der Waals surface area contributed by atoms with E-state index in [1.807, 2.05) is 0 Å². The van der Waals surface area contributed by atoms with E-state index in [4.69, 9.17) is 11.6 Å². The Morgan fingerprint density at radius 2 is 2.00 bits per heavy atom. The summed E-state index contributed by atoms with van der Waals surface area (Å²) in [5.74, 6) is -1.01. The molecule has 1 heterocycles. The first-order chi connectivity index (χ1) is 11.1. The van der Waals surface area contributed by atoms with Crippen LogP contribution in [0.4, 0.5) is 10.5 Å². The minimum Gasteiger partial charge on any atom is -0.307 e. The van der Waals surface area contributed by atoms with Gasteiger partial charge in [0.25, 0.3) is 5.91 Å². The van der Waals surface area contributed by atoms with E-state index in [0.29, 0.717) is 15.0 Å². The van der Waals surface area contributed by atoms with Crippen LogP contribution in [0.1, 0.15) is 27.7 Å². The van der Waals surface area contributed by atoms with Crippen molar-refractivity contribution in [2.45, 2.75) is 33.2 Å². The van der Waals surface area contributed by atoms with Gasteiger partial charge in [0.1, 0.15) is 5.54 Å². The number of hydrogen-bond donors (Lipinski definition) is 1. The molecule has 1 fully saturated rings. The first-order valence-electron chi connectivity index (χ1n) is 7.50. The van der Waals surface area contributed by atoms with Crippen LogP contribution in [0.25, 0.3) is 0 Å². The first kappa shape index (κ1) is 18.5.